The Labute approximate surface area is 108 Å². The quantitative estimate of drug-likeness (QED) is 0.811. The van der Waals surface area contributed by atoms with E-state index in [2.05, 4.69) is 0 Å². The highest BCUT2D eigenvalue weighted by atomic mass is 19.1. The number of rotatable bonds is 2. The van der Waals surface area contributed by atoms with Crippen molar-refractivity contribution in [3.8, 4) is 0 Å². The third-order valence-corrected chi connectivity index (χ3v) is 3.83. The third-order valence-electron chi connectivity index (χ3n) is 3.83. The summed E-state index contributed by atoms with van der Waals surface area (Å²) >= 11 is 0. The van der Waals surface area contributed by atoms with Crippen molar-refractivity contribution in [2.45, 2.75) is 45.4 Å². The van der Waals surface area contributed by atoms with E-state index in [-0.39, 0.29) is 12.4 Å². The van der Waals surface area contributed by atoms with Crippen LogP contribution < -0.4 is 11.2 Å². The summed E-state index contributed by atoms with van der Waals surface area (Å²) < 4.78 is 25.1. The Morgan fingerprint density at radius 2 is 1.72 bits per heavy atom. The Morgan fingerprint density at radius 1 is 1.17 bits per heavy atom. The lowest BCUT2D eigenvalue weighted by molar-refractivity contribution is 0.00578. The molecule has 1 heterocycles. The van der Waals surface area contributed by atoms with E-state index in [1.165, 1.54) is 12.1 Å². The minimum Gasteiger partial charge on any atom is -0.399 e. The van der Waals surface area contributed by atoms with Gasteiger partial charge in [0.05, 0.1) is 11.2 Å². The maximum Gasteiger partial charge on any atom is 0.495 e. The molecular formula is C13H19BFNO2. The first kappa shape index (κ1) is 13.5. The van der Waals surface area contributed by atoms with Crippen molar-refractivity contribution < 1.29 is 13.7 Å². The minimum absolute atomic E-state index is 0.261. The van der Waals surface area contributed by atoms with Crippen LogP contribution in [-0.4, -0.2) is 18.3 Å². The zero-order valence-corrected chi connectivity index (χ0v) is 11.3. The van der Waals surface area contributed by atoms with Crippen LogP contribution in [0.4, 0.5) is 4.39 Å². The van der Waals surface area contributed by atoms with Gasteiger partial charge in [0.1, 0.15) is 5.82 Å². The molecule has 0 saturated carbocycles. The lowest BCUT2D eigenvalue weighted by Crippen LogP contribution is -2.41. The Hall–Kier alpha value is -0.905. The second-order valence-electron chi connectivity index (χ2n) is 5.64. The molecule has 0 aromatic heterocycles. The van der Waals surface area contributed by atoms with Gasteiger partial charge in [-0.2, -0.15) is 0 Å². The van der Waals surface area contributed by atoms with Gasteiger partial charge < -0.3 is 15.0 Å². The van der Waals surface area contributed by atoms with E-state index >= 15 is 0 Å². The lowest BCUT2D eigenvalue weighted by atomic mass is 9.76. The summed E-state index contributed by atoms with van der Waals surface area (Å²) in [6, 6.07) is 4.51. The second-order valence-corrected chi connectivity index (χ2v) is 5.64. The highest BCUT2D eigenvalue weighted by Crippen LogP contribution is 2.36. The van der Waals surface area contributed by atoms with Gasteiger partial charge in [-0.3, -0.25) is 0 Å². The predicted molar refractivity (Wildman–Crippen MR) is 70.0 cm³/mol. The van der Waals surface area contributed by atoms with Crippen molar-refractivity contribution in [2.75, 3.05) is 0 Å². The summed E-state index contributed by atoms with van der Waals surface area (Å²) in [7, 11) is -0.492. The van der Waals surface area contributed by atoms with Crippen molar-refractivity contribution in [3.05, 3.63) is 29.6 Å². The molecule has 3 nitrogen and oxygen atoms in total. The summed E-state index contributed by atoms with van der Waals surface area (Å²) in [5.41, 5.74) is 6.35. The van der Waals surface area contributed by atoms with Gasteiger partial charge in [0.15, 0.2) is 0 Å². The van der Waals surface area contributed by atoms with Crippen molar-refractivity contribution in [3.63, 3.8) is 0 Å². The van der Waals surface area contributed by atoms with E-state index in [4.69, 9.17) is 15.0 Å². The highest BCUT2D eigenvalue weighted by molar-refractivity contribution is 6.62. The molecule has 0 aliphatic carbocycles. The molecule has 0 amide bonds. The van der Waals surface area contributed by atoms with Crippen LogP contribution in [0, 0.1) is 5.82 Å². The zero-order valence-electron chi connectivity index (χ0n) is 11.3. The summed E-state index contributed by atoms with van der Waals surface area (Å²) in [4.78, 5) is 0. The first-order chi connectivity index (χ1) is 8.27. The highest BCUT2D eigenvalue weighted by Gasteiger charge is 2.52. The topological polar surface area (TPSA) is 44.5 Å². The van der Waals surface area contributed by atoms with Crippen LogP contribution >= 0.6 is 0 Å². The molecule has 2 N–H and O–H groups in total. The van der Waals surface area contributed by atoms with Crippen LogP contribution in [0.5, 0.6) is 0 Å². The monoisotopic (exact) mass is 251 g/mol. The van der Waals surface area contributed by atoms with E-state index < -0.39 is 18.3 Å². The van der Waals surface area contributed by atoms with Gasteiger partial charge in [-0.1, -0.05) is 6.07 Å². The molecule has 2 rings (SSSR count). The molecule has 1 saturated heterocycles. The molecule has 0 atom stereocenters. The van der Waals surface area contributed by atoms with Crippen molar-refractivity contribution in [2.24, 2.45) is 5.73 Å². The van der Waals surface area contributed by atoms with E-state index in [0.29, 0.717) is 5.56 Å². The lowest BCUT2D eigenvalue weighted by Gasteiger charge is -2.32. The molecule has 18 heavy (non-hydrogen) atoms. The Morgan fingerprint density at radius 3 is 2.22 bits per heavy atom. The van der Waals surface area contributed by atoms with E-state index in [1.807, 2.05) is 27.7 Å². The summed E-state index contributed by atoms with van der Waals surface area (Å²) in [6.45, 7) is 8.20. The van der Waals surface area contributed by atoms with Crippen LogP contribution in [0.3, 0.4) is 0 Å². The van der Waals surface area contributed by atoms with Crippen LogP contribution in [-0.2, 0) is 15.9 Å². The van der Waals surface area contributed by atoms with E-state index in [9.17, 15) is 4.39 Å². The smallest absolute Gasteiger partial charge is 0.399 e. The maximum atomic E-state index is 13.2. The molecule has 1 fully saturated rings. The van der Waals surface area contributed by atoms with Crippen LogP contribution in [0.1, 0.15) is 33.3 Å². The fourth-order valence-electron chi connectivity index (χ4n) is 1.95. The van der Waals surface area contributed by atoms with E-state index in [1.54, 1.807) is 6.07 Å². The summed E-state index contributed by atoms with van der Waals surface area (Å²) in [6.07, 6.45) is 0. The first-order valence-corrected chi connectivity index (χ1v) is 6.11. The van der Waals surface area contributed by atoms with Gasteiger partial charge in [0, 0.05) is 6.54 Å². The number of halogens is 1. The molecule has 0 unspecified atom stereocenters. The summed E-state index contributed by atoms with van der Waals surface area (Å²) in [5.74, 6) is -0.296. The van der Waals surface area contributed by atoms with Gasteiger partial charge >= 0.3 is 7.12 Å². The zero-order chi connectivity index (χ0) is 13.6. The molecule has 0 spiro atoms. The van der Waals surface area contributed by atoms with Crippen molar-refractivity contribution >= 4 is 12.6 Å². The molecule has 98 valence electrons. The van der Waals surface area contributed by atoms with Gasteiger partial charge in [-0.25, -0.2) is 4.39 Å². The fraction of sp³-hybridized carbons (Fsp3) is 0.538. The van der Waals surface area contributed by atoms with Gasteiger partial charge in [-0.15, -0.1) is 0 Å². The average Bonchev–Trinajstić information content (AvgIpc) is 2.47. The Bertz CT molecular complexity index is 446. The number of hydrogen-bond acceptors (Lipinski definition) is 3. The molecule has 1 aliphatic heterocycles. The largest absolute Gasteiger partial charge is 0.495 e. The van der Waals surface area contributed by atoms with Crippen molar-refractivity contribution in [1.29, 1.82) is 0 Å². The predicted octanol–water partition coefficient (Wildman–Crippen LogP) is 1.58. The number of hydrogen-bond donors (Lipinski definition) is 1. The SMILES string of the molecule is CC1(C)OB(c2ccc(F)cc2CN)OC1(C)C. The third kappa shape index (κ3) is 2.18. The fourth-order valence-corrected chi connectivity index (χ4v) is 1.95. The normalized spacial score (nSPS) is 21.3. The van der Waals surface area contributed by atoms with Gasteiger partial charge in [-0.05, 0) is 50.9 Å². The Kier molecular flexibility index (Phi) is 3.26. The van der Waals surface area contributed by atoms with Gasteiger partial charge in [0.25, 0.3) is 0 Å². The average molecular weight is 251 g/mol. The van der Waals surface area contributed by atoms with Gasteiger partial charge in [0.2, 0.25) is 0 Å². The van der Waals surface area contributed by atoms with Crippen LogP contribution in [0.2, 0.25) is 0 Å². The van der Waals surface area contributed by atoms with Crippen LogP contribution in [0.15, 0.2) is 18.2 Å². The number of nitrogens with two attached hydrogens (primary N) is 1. The molecule has 1 aromatic rings. The molecule has 1 aliphatic rings. The molecular weight excluding hydrogens is 232 g/mol. The summed E-state index contributed by atoms with van der Waals surface area (Å²) in [5, 5.41) is 0. The first-order valence-electron chi connectivity index (χ1n) is 6.11. The standard InChI is InChI=1S/C13H19BFNO2/c1-12(2)13(3,4)18-14(17-12)11-6-5-10(15)7-9(11)8-16/h5-7H,8,16H2,1-4H3. The minimum atomic E-state index is -0.492. The number of benzene rings is 1. The van der Waals surface area contributed by atoms with Crippen LogP contribution in [0.25, 0.3) is 0 Å². The molecule has 1 aromatic carbocycles. The Balaban J connectivity index is 2.35. The molecule has 0 bridgehead atoms. The maximum absolute atomic E-state index is 13.2. The second kappa shape index (κ2) is 4.33. The van der Waals surface area contributed by atoms with Crippen molar-refractivity contribution in [1.82, 2.24) is 0 Å². The van der Waals surface area contributed by atoms with E-state index in [0.717, 1.165) is 5.46 Å². The molecule has 0 radical (unpaired) electrons. The molecule has 5 heteroatoms.